The quantitative estimate of drug-likeness (QED) is 0.0258. The number of aliphatic imine (C=N–C) groups is 2. The number of hydrogen-bond acceptors (Lipinski definition) is 12. The molecule has 0 bridgehead atoms. The molecule has 2 aromatic carbocycles. The highest BCUT2D eigenvalue weighted by molar-refractivity contribution is 5.98. The number of likely N-dealkylation sites (N-methyl/N-ethyl adjacent to an activating group) is 1. The summed E-state index contributed by atoms with van der Waals surface area (Å²) in [4.78, 5) is 145. The molecule has 4 aromatic rings. The van der Waals surface area contributed by atoms with Crippen LogP contribution in [0.2, 0.25) is 0 Å². The van der Waals surface area contributed by atoms with Gasteiger partial charge < -0.3 is 80.8 Å². The second-order valence-corrected chi connectivity index (χ2v) is 19.0. The van der Waals surface area contributed by atoms with Crippen molar-refractivity contribution in [1.29, 1.82) is 0 Å². The van der Waals surface area contributed by atoms with Crippen LogP contribution in [0.25, 0.3) is 10.9 Å². The number of para-hydroxylation sites is 1. The summed E-state index contributed by atoms with van der Waals surface area (Å²) in [5.74, 6) is -6.87. The molecule has 0 unspecified atom stereocenters. The Morgan fingerprint density at radius 1 is 0.722 bits per heavy atom. The molecule has 0 aliphatic carbocycles. The normalized spacial score (nSPS) is 20.6. The first-order valence-corrected chi connectivity index (χ1v) is 26.2. The van der Waals surface area contributed by atoms with Crippen LogP contribution in [-0.4, -0.2) is 149 Å². The van der Waals surface area contributed by atoms with Crippen LogP contribution in [0.4, 0.5) is 0 Å². The second-order valence-electron chi connectivity index (χ2n) is 19.0. The summed E-state index contributed by atoms with van der Waals surface area (Å²) in [5.41, 5.74) is 24.6. The maximum atomic E-state index is 14.8. The van der Waals surface area contributed by atoms with Crippen LogP contribution in [0.3, 0.4) is 0 Å². The molecule has 19 N–H and O–H groups in total. The molecule has 3 heterocycles. The number of nitrogens with zero attached hydrogens (tertiary/aromatic N) is 3. The van der Waals surface area contributed by atoms with Crippen molar-refractivity contribution in [3.8, 4) is 0 Å². The summed E-state index contributed by atoms with van der Waals surface area (Å²) in [6.07, 6.45) is 4.11. The lowest BCUT2D eigenvalue weighted by atomic mass is 10.0. The minimum Gasteiger partial charge on any atom is -0.370 e. The van der Waals surface area contributed by atoms with Gasteiger partial charge in [0.2, 0.25) is 53.2 Å². The fourth-order valence-corrected chi connectivity index (χ4v) is 8.77. The highest BCUT2D eigenvalue weighted by atomic mass is 16.2. The van der Waals surface area contributed by atoms with Gasteiger partial charge in [-0.05, 0) is 69.1 Å². The molecular formula is C52H74N18O9. The molecule has 0 spiro atoms. The van der Waals surface area contributed by atoms with Crippen LogP contribution in [0.15, 0.2) is 83.3 Å². The first kappa shape index (κ1) is 60.8. The van der Waals surface area contributed by atoms with Gasteiger partial charge in [0, 0.05) is 87.8 Å². The zero-order valence-electron chi connectivity index (χ0n) is 44.4. The number of aromatic amines is 2. The molecule has 9 amide bonds. The van der Waals surface area contributed by atoms with Crippen molar-refractivity contribution < 1.29 is 43.2 Å². The molecule has 1 saturated heterocycles. The Kier molecular flexibility index (Phi) is 24.1. The van der Waals surface area contributed by atoms with Crippen molar-refractivity contribution in [1.82, 2.24) is 62.8 Å². The number of guanidine groups is 2. The van der Waals surface area contributed by atoms with Gasteiger partial charge in [-0.25, -0.2) is 4.98 Å². The van der Waals surface area contributed by atoms with Crippen molar-refractivity contribution in [2.45, 2.75) is 127 Å². The Balaban J connectivity index is 1.56. The number of H-pyrrole nitrogens is 2. The molecule has 0 saturated carbocycles. The van der Waals surface area contributed by atoms with Crippen molar-refractivity contribution in [2.24, 2.45) is 32.9 Å². The SMILES string of the molecule is CCNC(=O)[C@@H]1CCCNC(=O)CC[C@H](NC(=O)[C@H](CCCN=C(N)N)NC(C)=O)C(=O)N[C@@H](Cc2cnc[nH]2)C(=O)N[C@H](Cc2ccccc2)C(=O)N[C@@H](CCCN=C(N)N)C(=O)N[C@@H](Cc2c[nH]c3ccccc23)C(=O)N1. The minimum atomic E-state index is -1.48. The van der Waals surface area contributed by atoms with Crippen LogP contribution >= 0.6 is 0 Å². The molecule has 426 valence electrons. The summed E-state index contributed by atoms with van der Waals surface area (Å²) in [6, 6.07) is 6.71. The summed E-state index contributed by atoms with van der Waals surface area (Å²) < 4.78 is 0. The predicted molar refractivity (Wildman–Crippen MR) is 294 cm³/mol. The van der Waals surface area contributed by atoms with Crippen molar-refractivity contribution in [3.63, 3.8) is 0 Å². The summed E-state index contributed by atoms with van der Waals surface area (Å²) in [5, 5.41) is 25.4. The Morgan fingerprint density at radius 2 is 1.34 bits per heavy atom. The van der Waals surface area contributed by atoms with Gasteiger partial charge in [0.05, 0.1) is 6.33 Å². The van der Waals surface area contributed by atoms with Gasteiger partial charge >= 0.3 is 0 Å². The van der Waals surface area contributed by atoms with E-state index in [-0.39, 0.29) is 109 Å². The lowest BCUT2D eigenvalue weighted by molar-refractivity contribution is -0.136. The number of carbonyl (C=O) groups is 9. The molecule has 2 aromatic heterocycles. The van der Waals surface area contributed by atoms with E-state index in [0.717, 1.165) is 10.9 Å². The fraction of sp³-hybridized carbons (Fsp3) is 0.462. The zero-order chi connectivity index (χ0) is 57.3. The van der Waals surface area contributed by atoms with Gasteiger partial charge in [-0.3, -0.25) is 53.1 Å². The molecular weight excluding hydrogens is 1020 g/mol. The van der Waals surface area contributed by atoms with E-state index in [9.17, 15) is 43.2 Å². The van der Waals surface area contributed by atoms with Gasteiger partial charge in [-0.1, -0.05) is 48.5 Å². The number of aromatic nitrogens is 3. The Labute approximate surface area is 456 Å². The second kappa shape index (κ2) is 31.2. The van der Waals surface area contributed by atoms with Gasteiger partial charge in [0.15, 0.2) is 11.9 Å². The van der Waals surface area contributed by atoms with E-state index in [1.807, 2.05) is 24.3 Å². The van der Waals surface area contributed by atoms with Crippen molar-refractivity contribution in [3.05, 3.63) is 90.1 Å². The Morgan fingerprint density at radius 3 is 2.01 bits per heavy atom. The third-order valence-corrected chi connectivity index (χ3v) is 12.7. The number of hydrogen-bond donors (Lipinski definition) is 15. The van der Waals surface area contributed by atoms with Gasteiger partial charge in [0.25, 0.3) is 0 Å². The molecule has 27 heteroatoms. The molecule has 27 nitrogen and oxygen atoms in total. The van der Waals surface area contributed by atoms with Gasteiger partial charge in [-0.2, -0.15) is 0 Å². The van der Waals surface area contributed by atoms with Crippen LogP contribution in [-0.2, 0) is 62.4 Å². The van der Waals surface area contributed by atoms with E-state index < -0.39 is 95.5 Å². The topological polar surface area (TPSA) is 435 Å². The summed E-state index contributed by atoms with van der Waals surface area (Å²) in [6.45, 7) is 3.34. The number of nitrogens with one attached hydrogen (secondary N) is 11. The smallest absolute Gasteiger partial charge is 0.243 e. The van der Waals surface area contributed by atoms with Crippen molar-refractivity contribution in [2.75, 3.05) is 26.2 Å². The highest BCUT2D eigenvalue weighted by Crippen LogP contribution is 2.20. The molecule has 79 heavy (non-hydrogen) atoms. The summed E-state index contributed by atoms with van der Waals surface area (Å²) in [7, 11) is 0. The zero-order valence-corrected chi connectivity index (χ0v) is 44.4. The Hall–Kier alpha value is -9.04. The maximum Gasteiger partial charge on any atom is 0.243 e. The number of benzene rings is 2. The van der Waals surface area contributed by atoms with Crippen molar-refractivity contribution >= 4 is 76.0 Å². The largest absolute Gasteiger partial charge is 0.370 e. The lowest BCUT2D eigenvalue weighted by Crippen LogP contribution is -2.61. The standard InChI is InChI=1S/C52H74N18O9/c1-3-58-44(73)36-16-9-21-59-43(72)20-19-39(67-45(74)37(64-30(2)71)17-10-22-60-51(53)54)47(76)70-42(26-33-28-57-29-63-33)50(79)68-40(24-31-12-5-4-6-13-31)48(77)66-38(18-11-23-61-52(55)56)46(75)69-41(49(78)65-36)25-32-27-62-35-15-8-7-14-34(32)35/h4-8,12-15,27-29,36-42,62H,3,9-11,16-26H2,1-2H3,(H,57,63)(H,58,73)(H,59,72)(H,64,71)(H,65,78)(H,66,77)(H,67,74)(H,68,79)(H,69,75)(H,70,76)(H4,53,54,60)(H4,55,56,61)/t36-,37-,38-,39-,40+,41-,42-/m0/s1. The maximum absolute atomic E-state index is 14.8. The summed E-state index contributed by atoms with van der Waals surface area (Å²) >= 11 is 0. The monoisotopic (exact) mass is 1090 g/mol. The number of nitrogens with two attached hydrogens (primary N) is 4. The first-order chi connectivity index (χ1) is 37.9. The predicted octanol–water partition coefficient (Wildman–Crippen LogP) is -2.73. The van der Waals surface area contributed by atoms with E-state index in [1.54, 1.807) is 43.5 Å². The van der Waals surface area contributed by atoms with E-state index in [0.29, 0.717) is 16.8 Å². The molecule has 1 aliphatic heterocycles. The average Bonchev–Trinajstić information content (AvgIpc) is 4.10. The minimum absolute atomic E-state index is 0.0154. The number of rotatable bonds is 19. The third kappa shape index (κ3) is 20.5. The van der Waals surface area contributed by atoms with E-state index in [2.05, 4.69) is 72.8 Å². The average molecular weight is 1100 g/mol. The molecule has 1 aliphatic rings. The molecule has 7 atom stereocenters. The number of amides is 9. The number of carbonyl (C=O) groups excluding carboxylic acids is 9. The number of imidazole rings is 1. The third-order valence-electron chi connectivity index (χ3n) is 12.7. The van der Waals surface area contributed by atoms with Crippen LogP contribution in [0, 0.1) is 0 Å². The molecule has 5 rings (SSSR count). The van der Waals surface area contributed by atoms with Gasteiger partial charge in [-0.15, -0.1) is 0 Å². The van der Waals surface area contributed by atoms with E-state index in [4.69, 9.17) is 22.9 Å². The van der Waals surface area contributed by atoms with E-state index >= 15 is 0 Å². The highest BCUT2D eigenvalue weighted by Gasteiger charge is 2.35. The first-order valence-electron chi connectivity index (χ1n) is 26.2. The van der Waals surface area contributed by atoms with Crippen LogP contribution in [0.5, 0.6) is 0 Å². The number of fused-ring (bicyclic) bond motifs is 1. The molecule has 1 fully saturated rings. The van der Waals surface area contributed by atoms with Gasteiger partial charge in [0.1, 0.15) is 42.3 Å². The molecule has 0 radical (unpaired) electrons. The van der Waals surface area contributed by atoms with Crippen LogP contribution < -0.4 is 70.8 Å². The van der Waals surface area contributed by atoms with E-state index in [1.165, 1.54) is 19.4 Å². The lowest BCUT2D eigenvalue weighted by Gasteiger charge is -2.28. The van der Waals surface area contributed by atoms with Crippen LogP contribution in [0.1, 0.15) is 82.0 Å². The Bertz CT molecular complexity index is 2760. The fourth-order valence-electron chi connectivity index (χ4n) is 8.77.